The number of aromatic nitrogens is 1. The van der Waals surface area contributed by atoms with Crippen LogP contribution in [0.5, 0.6) is 0 Å². The third-order valence-electron chi connectivity index (χ3n) is 1.08. The maximum Gasteiger partial charge on any atom is 0.152 e. The highest BCUT2D eigenvalue weighted by Crippen LogP contribution is 2.28. The Morgan fingerprint density at radius 2 is 2.18 bits per heavy atom. The van der Waals surface area contributed by atoms with E-state index >= 15 is 0 Å². The van der Waals surface area contributed by atoms with Crippen molar-refractivity contribution in [3.8, 4) is 0 Å². The van der Waals surface area contributed by atoms with Crippen LogP contribution in [0.4, 0.5) is 0 Å². The first kappa shape index (κ1) is 9.16. The first-order valence-corrected chi connectivity index (χ1v) is 4.58. The van der Waals surface area contributed by atoms with Gasteiger partial charge < -0.3 is 0 Å². The number of nitrogens with zero attached hydrogens (tertiary/aromatic N) is 1. The summed E-state index contributed by atoms with van der Waals surface area (Å²) in [6, 6.07) is 0. The molecule has 2 nitrogen and oxygen atoms in total. The van der Waals surface area contributed by atoms with Gasteiger partial charge in [0.05, 0.1) is 15.1 Å². The van der Waals surface area contributed by atoms with Gasteiger partial charge in [-0.3, -0.25) is 4.79 Å². The monoisotopic (exact) mass is 297 g/mol. The van der Waals surface area contributed by atoms with Crippen LogP contribution in [0.1, 0.15) is 10.4 Å². The molecule has 0 atom stereocenters. The number of hydrogen-bond acceptors (Lipinski definition) is 2. The molecule has 58 valence electrons. The molecular weight excluding hydrogens is 297 g/mol. The Morgan fingerprint density at radius 3 is 2.64 bits per heavy atom. The van der Waals surface area contributed by atoms with Crippen LogP contribution >= 0.6 is 43.5 Å². The van der Waals surface area contributed by atoms with Crippen LogP contribution in [-0.4, -0.2) is 11.3 Å². The minimum atomic E-state index is 0.343. The zero-order chi connectivity index (χ0) is 8.43. The Bertz CT molecular complexity index is 303. The lowest BCUT2D eigenvalue weighted by Gasteiger charge is -1.99. The molecule has 0 spiro atoms. The summed E-state index contributed by atoms with van der Waals surface area (Å²) in [6.45, 7) is 0. The third kappa shape index (κ3) is 1.80. The number of hydrogen-bond donors (Lipinski definition) is 0. The predicted molar refractivity (Wildman–Crippen MR) is 50.0 cm³/mol. The number of rotatable bonds is 1. The van der Waals surface area contributed by atoms with E-state index in [-0.39, 0.29) is 0 Å². The molecule has 5 heteroatoms. The zero-order valence-electron chi connectivity index (χ0n) is 5.14. The summed E-state index contributed by atoms with van der Waals surface area (Å²) in [4.78, 5) is 14.3. The molecule has 1 aromatic rings. The Balaban J connectivity index is 3.40. The van der Waals surface area contributed by atoms with Crippen molar-refractivity contribution >= 4 is 49.7 Å². The minimum absolute atomic E-state index is 0.343. The summed E-state index contributed by atoms with van der Waals surface area (Å²) in [5.41, 5.74) is 0.411. The van der Waals surface area contributed by atoms with E-state index in [9.17, 15) is 4.79 Å². The van der Waals surface area contributed by atoms with Crippen molar-refractivity contribution in [1.29, 1.82) is 0 Å². The number of aldehydes is 1. The molecule has 1 rings (SSSR count). The lowest BCUT2D eigenvalue weighted by Crippen LogP contribution is -1.88. The van der Waals surface area contributed by atoms with Crippen molar-refractivity contribution in [2.45, 2.75) is 0 Å². The first-order valence-electron chi connectivity index (χ1n) is 2.61. The van der Waals surface area contributed by atoms with Crippen molar-refractivity contribution in [2.24, 2.45) is 0 Å². The molecule has 0 unspecified atom stereocenters. The summed E-state index contributed by atoms with van der Waals surface area (Å²) in [5.74, 6) is 0. The lowest BCUT2D eigenvalue weighted by atomic mass is 10.3. The van der Waals surface area contributed by atoms with Crippen LogP contribution in [0, 0.1) is 0 Å². The molecule has 0 radical (unpaired) electrons. The molecule has 0 saturated carbocycles. The largest absolute Gasteiger partial charge is 0.298 e. The Hall–Kier alpha value is 0.0700. The Kier molecular flexibility index (Phi) is 3.04. The van der Waals surface area contributed by atoms with Crippen LogP contribution in [0.2, 0.25) is 5.02 Å². The zero-order valence-corrected chi connectivity index (χ0v) is 9.07. The molecule has 0 aliphatic rings. The highest BCUT2D eigenvalue weighted by atomic mass is 79.9. The molecule has 0 aromatic carbocycles. The molecule has 0 saturated heterocycles. The second-order valence-electron chi connectivity index (χ2n) is 1.74. The van der Waals surface area contributed by atoms with Crippen molar-refractivity contribution in [1.82, 2.24) is 4.98 Å². The lowest BCUT2D eigenvalue weighted by molar-refractivity contribution is 0.112. The average Bonchev–Trinajstić information content (AvgIpc) is 1.99. The molecule has 11 heavy (non-hydrogen) atoms. The van der Waals surface area contributed by atoms with Gasteiger partial charge in [-0.25, -0.2) is 4.98 Å². The molecule has 1 aromatic heterocycles. The van der Waals surface area contributed by atoms with Crippen molar-refractivity contribution in [3.63, 3.8) is 0 Å². The fourth-order valence-corrected chi connectivity index (χ4v) is 1.59. The quantitative estimate of drug-likeness (QED) is 0.589. The predicted octanol–water partition coefficient (Wildman–Crippen LogP) is 3.07. The average molecular weight is 299 g/mol. The van der Waals surface area contributed by atoms with Gasteiger partial charge in [-0.1, -0.05) is 11.6 Å². The summed E-state index contributed by atoms with van der Waals surface area (Å²) >= 11 is 12.0. The van der Waals surface area contributed by atoms with Gasteiger partial charge >= 0.3 is 0 Å². The normalized spacial score (nSPS) is 9.73. The molecular formula is C6H2Br2ClNO. The van der Waals surface area contributed by atoms with Gasteiger partial charge in [0.25, 0.3) is 0 Å². The molecule has 0 aliphatic heterocycles. The highest BCUT2D eigenvalue weighted by molar-refractivity contribution is 9.13. The number of pyridine rings is 1. The van der Waals surface area contributed by atoms with E-state index in [1.165, 1.54) is 6.20 Å². The summed E-state index contributed by atoms with van der Waals surface area (Å²) < 4.78 is 1.16. The molecule has 0 aliphatic carbocycles. The molecule has 0 N–H and O–H groups in total. The van der Waals surface area contributed by atoms with Crippen LogP contribution in [-0.2, 0) is 0 Å². The van der Waals surface area contributed by atoms with Crippen LogP contribution in [0.3, 0.4) is 0 Å². The summed E-state index contributed by atoms with van der Waals surface area (Å²) in [6.07, 6.45) is 2.10. The van der Waals surface area contributed by atoms with Gasteiger partial charge in [-0.2, -0.15) is 0 Å². The number of halogens is 3. The maximum atomic E-state index is 10.4. The fraction of sp³-hybridized carbons (Fsp3) is 0. The summed E-state index contributed by atoms with van der Waals surface area (Å²) in [5, 5.41) is 0.343. The van der Waals surface area contributed by atoms with E-state index in [1.807, 2.05) is 0 Å². The minimum Gasteiger partial charge on any atom is -0.298 e. The first-order chi connectivity index (χ1) is 5.16. The highest BCUT2D eigenvalue weighted by Gasteiger charge is 2.07. The standard InChI is InChI=1S/C6H2Br2ClNO/c7-5-3(2-11)4(9)1-10-6(5)8/h1-2H. The van der Waals surface area contributed by atoms with Crippen molar-refractivity contribution < 1.29 is 4.79 Å². The molecule has 0 fully saturated rings. The fourth-order valence-electron chi connectivity index (χ4n) is 0.564. The molecule has 1 heterocycles. The smallest absolute Gasteiger partial charge is 0.152 e. The Morgan fingerprint density at radius 1 is 1.55 bits per heavy atom. The van der Waals surface area contributed by atoms with E-state index in [4.69, 9.17) is 11.6 Å². The van der Waals surface area contributed by atoms with Crippen molar-refractivity contribution in [2.75, 3.05) is 0 Å². The van der Waals surface area contributed by atoms with E-state index in [1.54, 1.807) is 0 Å². The van der Waals surface area contributed by atoms with Gasteiger partial charge in [0.2, 0.25) is 0 Å². The second kappa shape index (κ2) is 3.65. The van der Waals surface area contributed by atoms with E-state index < -0.39 is 0 Å². The van der Waals surface area contributed by atoms with E-state index in [0.29, 0.717) is 25.9 Å². The van der Waals surface area contributed by atoms with Gasteiger partial charge in [0, 0.05) is 6.20 Å². The van der Waals surface area contributed by atoms with Crippen LogP contribution in [0.15, 0.2) is 15.3 Å². The SMILES string of the molecule is O=Cc1c(Cl)cnc(Br)c1Br. The van der Waals surface area contributed by atoms with Gasteiger partial charge in [0.15, 0.2) is 6.29 Å². The topological polar surface area (TPSA) is 30.0 Å². The van der Waals surface area contributed by atoms with Gasteiger partial charge in [-0.15, -0.1) is 0 Å². The number of carbonyl (C=O) groups excluding carboxylic acids is 1. The maximum absolute atomic E-state index is 10.4. The number of carbonyl (C=O) groups is 1. The summed E-state index contributed by atoms with van der Waals surface area (Å²) in [7, 11) is 0. The Labute approximate surface area is 85.2 Å². The molecule has 0 amide bonds. The van der Waals surface area contributed by atoms with Gasteiger partial charge in [-0.05, 0) is 31.9 Å². The van der Waals surface area contributed by atoms with E-state index in [2.05, 4.69) is 36.8 Å². The van der Waals surface area contributed by atoms with Crippen molar-refractivity contribution in [3.05, 3.63) is 25.9 Å². The van der Waals surface area contributed by atoms with Gasteiger partial charge in [0.1, 0.15) is 4.60 Å². The third-order valence-corrected chi connectivity index (χ3v) is 3.32. The van der Waals surface area contributed by atoms with E-state index in [0.717, 1.165) is 0 Å². The van der Waals surface area contributed by atoms with Crippen LogP contribution in [0.25, 0.3) is 0 Å². The second-order valence-corrected chi connectivity index (χ2v) is 3.69. The van der Waals surface area contributed by atoms with Crippen LogP contribution < -0.4 is 0 Å². The molecule has 0 bridgehead atoms.